The first-order valence-corrected chi connectivity index (χ1v) is 10.7. The number of fused-ring (bicyclic) bond motifs is 2. The molecule has 4 heterocycles. The normalized spacial score (nSPS) is 23.5. The highest BCUT2D eigenvalue weighted by Gasteiger charge is 2.27. The van der Waals surface area contributed by atoms with Gasteiger partial charge in [-0.2, -0.15) is 0 Å². The van der Waals surface area contributed by atoms with Crippen molar-refractivity contribution in [1.29, 1.82) is 0 Å². The number of hydrogen-bond acceptors (Lipinski definition) is 7. The Bertz CT molecular complexity index is 1020. The van der Waals surface area contributed by atoms with Gasteiger partial charge < -0.3 is 19.1 Å². The quantitative estimate of drug-likeness (QED) is 0.797. The maximum atomic E-state index is 12.7. The fourth-order valence-electron chi connectivity index (χ4n) is 4.44. The molecule has 0 aliphatic carbocycles. The number of H-pyrrole nitrogens is 1. The molecule has 0 saturated carbocycles. The molecule has 160 valence electrons. The minimum atomic E-state index is -0.0393. The number of aromatic amines is 1. The molecule has 3 aliphatic heterocycles. The average Bonchev–Trinajstić information content (AvgIpc) is 3.14. The molecule has 1 fully saturated rings. The van der Waals surface area contributed by atoms with E-state index in [4.69, 9.17) is 30.8 Å². The van der Waals surface area contributed by atoms with Crippen LogP contribution in [0.1, 0.15) is 30.7 Å². The summed E-state index contributed by atoms with van der Waals surface area (Å²) in [5.74, 6) is 2.03. The lowest BCUT2D eigenvalue weighted by Gasteiger charge is -2.36. The summed E-state index contributed by atoms with van der Waals surface area (Å²) in [5, 5.41) is 0.654. The van der Waals surface area contributed by atoms with Gasteiger partial charge in [-0.15, -0.1) is 0 Å². The van der Waals surface area contributed by atoms with Crippen molar-refractivity contribution >= 4 is 17.5 Å². The maximum absolute atomic E-state index is 12.7. The highest BCUT2D eigenvalue weighted by molar-refractivity contribution is 6.31. The third kappa shape index (κ3) is 3.75. The van der Waals surface area contributed by atoms with E-state index in [9.17, 15) is 4.79 Å². The molecule has 3 aliphatic rings. The Balaban J connectivity index is 1.37. The van der Waals surface area contributed by atoms with E-state index in [0.29, 0.717) is 49.3 Å². The van der Waals surface area contributed by atoms with Crippen molar-refractivity contribution in [2.45, 2.75) is 45.6 Å². The molecule has 1 aromatic heterocycles. The number of hydrogen-bond donors (Lipinski definition) is 1. The Labute approximate surface area is 179 Å². The smallest absolute Gasteiger partial charge is 0.255 e. The van der Waals surface area contributed by atoms with Gasteiger partial charge in [0.15, 0.2) is 11.5 Å². The van der Waals surface area contributed by atoms with Crippen molar-refractivity contribution in [3.63, 3.8) is 0 Å². The Kier molecular flexibility index (Phi) is 5.08. The average molecular weight is 433 g/mol. The van der Waals surface area contributed by atoms with Gasteiger partial charge in [-0.25, -0.2) is 4.98 Å². The molecule has 0 radical (unpaired) electrons. The number of anilines is 1. The van der Waals surface area contributed by atoms with Crippen molar-refractivity contribution in [3.05, 3.63) is 44.3 Å². The summed E-state index contributed by atoms with van der Waals surface area (Å²) in [5.41, 5.74) is 2.55. The number of benzene rings is 1. The van der Waals surface area contributed by atoms with Gasteiger partial charge in [0.2, 0.25) is 12.7 Å². The maximum Gasteiger partial charge on any atom is 0.255 e. The minimum Gasteiger partial charge on any atom is -0.454 e. The van der Waals surface area contributed by atoms with Crippen LogP contribution in [-0.2, 0) is 24.2 Å². The lowest BCUT2D eigenvalue weighted by Crippen LogP contribution is -2.47. The Morgan fingerprint density at radius 3 is 2.70 bits per heavy atom. The van der Waals surface area contributed by atoms with Crippen LogP contribution in [-0.4, -0.2) is 53.5 Å². The zero-order valence-corrected chi connectivity index (χ0v) is 17.9. The van der Waals surface area contributed by atoms with Gasteiger partial charge in [-0.3, -0.25) is 14.7 Å². The summed E-state index contributed by atoms with van der Waals surface area (Å²) in [4.78, 5) is 24.9. The van der Waals surface area contributed by atoms with Crippen molar-refractivity contribution in [2.75, 3.05) is 31.3 Å². The molecule has 8 nitrogen and oxygen atoms in total. The first-order chi connectivity index (χ1) is 14.5. The van der Waals surface area contributed by atoms with Crippen LogP contribution in [0, 0.1) is 0 Å². The number of morpholine rings is 1. The van der Waals surface area contributed by atoms with Gasteiger partial charge in [0.25, 0.3) is 5.56 Å². The van der Waals surface area contributed by atoms with E-state index >= 15 is 0 Å². The predicted molar refractivity (Wildman–Crippen MR) is 112 cm³/mol. The van der Waals surface area contributed by atoms with Crippen molar-refractivity contribution in [3.8, 4) is 11.5 Å². The molecule has 1 aromatic carbocycles. The van der Waals surface area contributed by atoms with Crippen LogP contribution in [0.2, 0.25) is 5.02 Å². The van der Waals surface area contributed by atoms with Crippen LogP contribution in [0.5, 0.6) is 11.5 Å². The van der Waals surface area contributed by atoms with Gasteiger partial charge in [-0.1, -0.05) is 11.6 Å². The summed E-state index contributed by atoms with van der Waals surface area (Å²) < 4.78 is 16.7. The van der Waals surface area contributed by atoms with E-state index in [1.165, 1.54) is 0 Å². The van der Waals surface area contributed by atoms with Crippen molar-refractivity contribution < 1.29 is 14.2 Å². The molecule has 2 unspecified atom stereocenters. The van der Waals surface area contributed by atoms with Crippen LogP contribution < -0.4 is 19.9 Å². The number of nitrogens with zero attached hydrogens (tertiary/aromatic N) is 3. The van der Waals surface area contributed by atoms with Crippen LogP contribution in [0.15, 0.2) is 16.9 Å². The molecular weight excluding hydrogens is 408 g/mol. The molecule has 9 heteroatoms. The summed E-state index contributed by atoms with van der Waals surface area (Å²) in [7, 11) is 0. The molecular formula is C21H25ClN4O4. The van der Waals surface area contributed by atoms with Gasteiger partial charge in [0, 0.05) is 49.4 Å². The minimum absolute atomic E-state index is 0.0393. The van der Waals surface area contributed by atoms with E-state index in [2.05, 4.69) is 14.8 Å². The molecule has 1 saturated heterocycles. The van der Waals surface area contributed by atoms with E-state index in [-0.39, 0.29) is 24.6 Å². The number of aromatic nitrogens is 2. The standard InChI is InChI=1S/C21H25ClN4O4/c1-12-7-26(8-13(2)30-12)21-23-17-10-25(4-3-15(17)20(27)24-21)9-14-5-18-19(6-16(14)22)29-11-28-18/h5-6,12-13H,3-4,7-11H2,1-2H3,(H,23,24,27). The first kappa shape index (κ1) is 19.7. The molecule has 0 bridgehead atoms. The molecule has 5 rings (SSSR count). The zero-order valence-electron chi connectivity index (χ0n) is 17.1. The highest BCUT2D eigenvalue weighted by Crippen LogP contribution is 2.37. The Morgan fingerprint density at radius 1 is 1.20 bits per heavy atom. The summed E-state index contributed by atoms with van der Waals surface area (Å²) in [6, 6.07) is 3.74. The number of halogens is 1. The SMILES string of the molecule is CC1CN(c2nc3c(c(=O)[nH]2)CCN(Cc2cc4c(cc2Cl)OCO4)C3)CC(C)O1. The van der Waals surface area contributed by atoms with Gasteiger partial charge >= 0.3 is 0 Å². The van der Waals surface area contributed by atoms with Crippen LogP contribution >= 0.6 is 11.6 Å². The largest absolute Gasteiger partial charge is 0.454 e. The molecule has 0 spiro atoms. The molecule has 30 heavy (non-hydrogen) atoms. The van der Waals surface area contributed by atoms with Gasteiger partial charge in [-0.05, 0) is 31.9 Å². The summed E-state index contributed by atoms with van der Waals surface area (Å²) in [6.07, 6.45) is 0.857. The first-order valence-electron chi connectivity index (χ1n) is 10.3. The highest BCUT2D eigenvalue weighted by atomic mass is 35.5. The second-order valence-corrected chi connectivity index (χ2v) is 8.64. The fraction of sp³-hybridized carbons (Fsp3) is 0.524. The lowest BCUT2D eigenvalue weighted by molar-refractivity contribution is -0.00576. The summed E-state index contributed by atoms with van der Waals surface area (Å²) in [6.45, 7) is 7.75. The Hall–Kier alpha value is -2.29. The van der Waals surface area contributed by atoms with Gasteiger partial charge in [0.1, 0.15) is 0 Å². The monoisotopic (exact) mass is 432 g/mol. The number of rotatable bonds is 3. The molecule has 2 atom stereocenters. The van der Waals surface area contributed by atoms with Crippen LogP contribution in [0.25, 0.3) is 0 Å². The van der Waals surface area contributed by atoms with E-state index < -0.39 is 0 Å². The second kappa shape index (κ2) is 7.76. The topological polar surface area (TPSA) is 79.9 Å². The predicted octanol–water partition coefficient (Wildman–Crippen LogP) is 2.32. The lowest BCUT2D eigenvalue weighted by atomic mass is 10.1. The molecule has 0 amide bonds. The Morgan fingerprint density at radius 2 is 1.93 bits per heavy atom. The molecule has 2 aromatic rings. The van der Waals surface area contributed by atoms with Crippen LogP contribution in [0.3, 0.4) is 0 Å². The fourth-order valence-corrected chi connectivity index (χ4v) is 4.65. The van der Waals surface area contributed by atoms with Crippen molar-refractivity contribution in [2.24, 2.45) is 0 Å². The third-order valence-corrected chi connectivity index (χ3v) is 6.15. The van der Waals surface area contributed by atoms with E-state index in [1.807, 2.05) is 19.9 Å². The summed E-state index contributed by atoms with van der Waals surface area (Å²) >= 11 is 6.46. The van der Waals surface area contributed by atoms with E-state index in [1.54, 1.807) is 6.07 Å². The van der Waals surface area contributed by atoms with Gasteiger partial charge in [0.05, 0.1) is 17.9 Å². The third-order valence-electron chi connectivity index (χ3n) is 5.79. The van der Waals surface area contributed by atoms with Crippen LogP contribution in [0.4, 0.5) is 5.95 Å². The van der Waals surface area contributed by atoms with Crippen molar-refractivity contribution in [1.82, 2.24) is 14.9 Å². The van der Waals surface area contributed by atoms with E-state index in [0.717, 1.165) is 29.1 Å². The number of ether oxygens (including phenoxy) is 3. The number of nitrogens with one attached hydrogen (secondary N) is 1. The zero-order chi connectivity index (χ0) is 20.8. The second-order valence-electron chi connectivity index (χ2n) is 8.23. The molecule has 1 N–H and O–H groups in total.